The maximum atomic E-state index is 12.2. The Morgan fingerprint density at radius 3 is 2.33 bits per heavy atom. The van der Waals surface area contributed by atoms with Crippen LogP contribution >= 0.6 is 0 Å². The van der Waals surface area contributed by atoms with E-state index in [0.717, 1.165) is 39.0 Å². The van der Waals surface area contributed by atoms with Crippen LogP contribution < -0.4 is 5.32 Å². The van der Waals surface area contributed by atoms with E-state index in [9.17, 15) is 14.4 Å². The molecule has 3 heterocycles. The van der Waals surface area contributed by atoms with Crippen LogP contribution in [0.3, 0.4) is 0 Å². The van der Waals surface area contributed by atoms with Crippen LogP contribution in [0.1, 0.15) is 38.5 Å². The molecule has 3 aliphatic heterocycles. The van der Waals surface area contributed by atoms with E-state index in [2.05, 4.69) is 5.32 Å². The minimum atomic E-state index is -0.137. The van der Waals surface area contributed by atoms with E-state index in [1.54, 1.807) is 0 Å². The monoisotopic (exact) mass is 293 g/mol. The third-order valence-electron chi connectivity index (χ3n) is 5.21. The van der Waals surface area contributed by atoms with Gasteiger partial charge in [-0.2, -0.15) is 0 Å². The van der Waals surface area contributed by atoms with Crippen molar-refractivity contribution in [3.63, 3.8) is 0 Å². The number of hydrogen-bond donors (Lipinski definition) is 1. The molecule has 6 heteroatoms. The third kappa shape index (κ3) is 2.95. The van der Waals surface area contributed by atoms with E-state index in [4.69, 9.17) is 0 Å². The Bertz CT molecular complexity index is 431. The van der Waals surface area contributed by atoms with Gasteiger partial charge in [-0.05, 0) is 31.2 Å². The van der Waals surface area contributed by atoms with Crippen molar-refractivity contribution in [2.75, 3.05) is 32.7 Å². The lowest BCUT2D eigenvalue weighted by atomic mass is 9.78. The molecule has 3 rings (SSSR count). The van der Waals surface area contributed by atoms with Crippen LogP contribution in [0.15, 0.2) is 0 Å². The Hall–Kier alpha value is -1.43. The maximum Gasteiger partial charge on any atom is 0.229 e. The average Bonchev–Trinajstić information content (AvgIpc) is 3.06. The minimum absolute atomic E-state index is 0.0725. The summed E-state index contributed by atoms with van der Waals surface area (Å²) in [6, 6.07) is 0. The van der Waals surface area contributed by atoms with Crippen molar-refractivity contribution in [3.8, 4) is 0 Å². The Labute approximate surface area is 124 Å². The summed E-state index contributed by atoms with van der Waals surface area (Å²) in [6.45, 7) is 4.03. The molecule has 1 N–H and O–H groups in total. The highest BCUT2D eigenvalue weighted by molar-refractivity contribution is 6.02. The molecule has 0 aliphatic carbocycles. The lowest BCUT2D eigenvalue weighted by Crippen LogP contribution is -2.45. The number of hydrogen-bond acceptors (Lipinski definition) is 4. The van der Waals surface area contributed by atoms with Gasteiger partial charge < -0.3 is 10.2 Å². The predicted octanol–water partition coefficient (Wildman–Crippen LogP) is 0.128. The summed E-state index contributed by atoms with van der Waals surface area (Å²) in [5.74, 6) is -0.201. The van der Waals surface area contributed by atoms with E-state index in [0.29, 0.717) is 18.3 Å². The molecule has 0 unspecified atom stereocenters. The summed E-state index contributed by atoms with van der Waals surface area (Å²) in [6.07, 6.45) is 4.20. The second-order valence-corrected chi connectivity index (χ2v) is 6.50. The molecule has 21 heavy (non-hydrogen) atoms. The summed E-state index contributed by atoms with van der Waals surface area (Å²) >= 11 is 0. The van der Waals surface area contributed by atoms with Crippen molar-refractivity contribution >= 4 is 17.7 Å². The number of nitrogens with one attached hydrogen (secondary N) is 1. The second-order valence-electron chi connectivity index (χ2n) is 6.50. The zero-order valence-corrected chi connectivity index (χ0v) is 12.4. The number of likely N-dealkylation sites (tertiary alicyclic amines) is 2. The van der Waals surface area contributed by atoms with Crippen LogP contribution in [0, 0.1) is 5.41 Å². The van der Waals surface area contributed by atoms with Crippen molar-refractivity contribution in [2.45, 2.75) is 38.5 Å². The summed E-state index contributed by atoms with van der Waals surface area (Å²) < 4.78 is 0. The van der Waals surface area contributed by atoms with Crippen molar-refractivity contribution in [2.24, 2.45) is 5.41 Å². The smallest absolute Gasteiger partial charge is 0.229 e. The topological polar surface area (TPSA) is 69.7 Å². The molecular formula is C15H23N3O3. The highest BCUT2D eigenvalue weighted by atomic mass is 16.2. The zero-order chi connectivity index (χ0) is 14.9. The first-order chi connectivity index (χ1) is 10.1. The number of rotatable bonds is 3. The zero-order valence-electron chi connectivity index (χ0n) is 12.4. The quantitative estimate of drug-likeness (QED) is 0.751. The van der Waals surface area contributed by atoms with Gasteiger partial charge in [-0.3, -0.25) is 19.3 Å². The van der Waals surface area contributed by atoms with Gasteiger partial charge in [0.05, 0.1) is 0 Å². The van der Waals surface area contributed by atoms with Gasteiger partial charge in [0.15, 0.2) is 0 Å². The fourth-order valence-corrected chi connectivity index (χ4v) is 3.69. The van der Waals surface area contributed by atoms with Crippen molar-refractivity contribution in [1.29, 1.82) is 0 Å². The fraction of sp³-hybridized carbons (Fsp3) is 0.800. The van der Waals surface area contributed by atoms with Gasteiger partial charge in [-0.15, -0.1) is 0 Å². The summed E-state index contributed by atoms with van der Waals surface area (Å²) in [4.78, 5) is 38.4. The molecule has 3 amide bonds. The number of nitrogens with zero attached hydrogens (tertiary/aromatic N) is 2. The summed E-state index contributed by atoms with van der Waals surface area (Å²) in [7, 11) is 0. The Morgan fingerprint density at radius 2 is 1.76 bits per heavy atom. The molecule has 1 spiro atoms. The molecule has 0 aromatic carbocycles. The Balaban J connectivity index is 1.46. The molecule has 0 radical (unpaired) electrons. The van der Waals surface area contributed by atoms with Gasteiger partial charge in [0.2, 0.25) is 17.7 Å². The molecule has 116 valence electrons. The summed E-state index contributed by atoms with van der Waals surface area (Å²) in [5, 5.41) is 3.41. The van der Waals surface area contributed by atoms with Crippen LogP contribution in [0.5, 0.6) is 0 Å². The van der Waals surface area contributed by atoms with Crippen LogP contribution in [0.2, 0.25) is 0 Å². The molecule has 0 aromatic heterocycles. The molecule has 6 nitrogen and oxygen atoms in total. The van der Waals surface area contributed by atoms with Gasteiger partial charge >= 0.3 is 0 Å². The lowest BCUT2D eigenvalue weighted by molar-refractivity contribution is -0.139. The first kappa shape index (κ1) is 14.5. The van der Waals surface area contributed by atoms with Crippen molar-refractivity contribution in [3.05, 3.63) is 0 Å². The second kappa shape index (κ2) is 5.75. The highest BCUT2D eigenvalue weighted by Crippen LogP contribution is 2.36. The van der Waals surface area contributed by atoms with E-state index >= 15 is 0 Å². The molecular weight excluding hydrogens is 270 g/mol. The van der Waals surface area contributed by atoms with Crippen molar-refractivity contribution in [1.82, 2.24) is 15.1 Å². The third-order valence-corrected chi connectivity index (χ3v) is 5.21. The molecule has 3 aliphatic rings. The Morgan fingerprint density at radius 1 is 1.10 bits per heavy atom. The van der Waals surface area contributed by atoms with E-state index in [1.807, 2.05) is 4.90 Å². The van der Waals surface area contributed by atoms with Gasteiger partial charge in [0.25, 0.3) is 0 Å². The number of piperidine rings is 1. The number of imide groups is 1. The molecule has 0 bridgehead atoms. The van der Waals surface area contributed by atoms with Crippen LogP contribution in [-0.2, 0) is 14.4 Å². The molecule has 0 saturated carbocycles. The maximum absolute atomic E-state index is 12.2. The van der Waals surface area contributed by atoms with Crippen molar-refractivity contribution < 1.29 is 14.4 Å². The molecule has 0 atom stereocenters. The minimum Gasteiger partial charge on any atom is -0.343 e. The number of amides is 3. The first-order valence-corrected chi connectivity index (χ1v) is 7.91. The predicted molar refractivity (Wildman–Crippen MR) is 76.3 cm³/mol. The van der Waals surface area contributed by atoms with Crippen LogP contribution in [-0.4, -0.2) is 60.2 Å². The average molecular weight is 293 g/mol. The first-order valence-electron chi connectivity index (χ1n) is 7.91. The van der Waals surface area contributed by atoms with Gasteiger partial charge in [-0.1, -0.05) is 0 Å². The lowest BCUT2D eigenvalue weighted by Gasteiger charge is -2.39. The molecule has 3 fully saturated rings. The Kier molecular flexibility index (Phi) is 3.97. The van der Waals surface area contributed by atoms with Gasteiger partial charge in [0.1, 0.15) is 0 Å². The van der Waals surface area contributed by atoms with E-state index in [1.165, 1.54) is 11.3 Å². The highest BCUT2D eigenvalue weighted by Gasteiger charge is 2.38. The summed E-state index contributed by atoms with van der Waals surface area (Å²) in [5.41, 5.74) is 0.400. The van der Waals surface area contributed by atoms with Crippen LogP contribution in [0.25, 0.3) is 0 Å². The number of carbonyl (C=O) groups is 3. The van der Waals surface area contributed by atoms with E-state index < -0.39 is 0 Å². The van der Waals surface area contributed by atoms with Crippen LogP contribution in [0.4, 0.5) is 0 Å². The normalized spacial score (nSPS) is 25.1. The van der Waals surface area contributed by atoms with Gasteiger partial charge in [0, 0.05) is 45.4 Å². The number of carbonyl (C=O) groups excluding carboxylic acids is 3. The van der Waals surface area contributed by atoms with E-state index in [-0.39, 0.29) is 30.7 Å². The van der Waals surface area contributed by atoms with Gasteiger partial charge in [-0.25, -0.2) is 0 Å². The molecule has 0 aromatic rings. The SMILES string of the molecule is O=C(CCN1C(=O)CCC1=O)N1CCC2(CCNC2)CC1. The fourth-order valence-electron chi connectivity index (χ4n) is 3.69. The largest absolute Gasteiger partial charge is 0.343 e. The standard InChI is InChI=1S/C15H23N3O3/c19-12(3-8-18-13(20)1-2-14(18)21)17-9-5-15(6-10-17)4-7-16-11-15/h16H,1-11H2. The molecule has 3 saturated heterocycles.